The molecule has 14 heteroatoms. The van der Waals surface area contributed by atoms with Gasteiger partial charge in [0.1, 0.15) is 23.9 Å². The molecule has 0 aliphatic carbocycles. The first-order valence-electron chi connectivity index (χ1n) is 10.8. The molecule has 35 heavy (non-hydrogen) atoms. The highest BCUT2D eigenvalue weighted by atomic mass is 31.2. The number of Topliss-reactive ketones (excluding diaryl/α,β-unsaturated/α-hetero) is 1. The lowest BCUT2D eigenvalue weighted by molar-refractivity contribution is -0.135. The van der Waals surface area contributed by atoms with Crippen molar-refractivity contribution < 1.29 is 23.6 Å². The maximum absolute atomic E-state index is 13.6. The molecular weight excluding hydrogens is 477 g/mol. The lowest BCUT2D eigenvalue weighted by Crippen LogP contribution is -2.42. The number of carbonyl (C=O) groups is 2. The zero-order chi connectivity index (χ0) is 25.6. The van der Waals surface area contributed by atoms with Crippen LogP contribution in [0.2, 0.25) is 0 Å². The van der Waals surface area contributed by atoms with Crippen LogP contribution in [-0.4, -0.2) is 56.3 Å². The summed E-state index contributed by atoms with van der Waals surface area (Å²) in [6.07, 6.45) is 1.10. The molecule has 0 amide bonds. The summed E-state index contributed by atoms with van der Waals surface area (Å²) in [4.78, 5) is 46.6. The van der Waals surface area contributed by atoms with Crippen LogP contribution in [0.3, 0.4) is 0 Å². The van der Waals surface area contributed by atoms with Crippen molar-refractivity contribution in [3.05, 3.63) is 47.0 Å². The van der Waals surface area contributed by atoms with Crippen molar-refractivity contribution in [3.63, 3.8) is 0 Å². The van der Waals surface area contributed by atoms with E-state index >= 15 is 0 Å². The average Bonchev–Trinajstić information content (AvgIpc) is 3.20. The van der Waals surface area contributed by atoms with Crippen LogP contribution in [0.5, 0.6) is 5.75 Å². The summed E-state index contributed by atoms with van der Waals surface area (Å²) < 4.78 is 26.0. The molecule has 0 spiro atoms. The van der Waals surface area contributed by atoms with Crippen LogP contribution in [0.15, 0.2) is 41.5 Å². The SMILES string of the molecule is CC(=O)[C@H](C)NP(=O)(COCCn1cnc2c(=O)[nH]c(N)nc21)N[C@@H](C)C(=O)Oc1ccccc1. The zero-order valence-corrected chi connectivity index (χ0v) is 20.5. The van der Waals surface area contributed by atoms with Crippen molar-refractivity contribution in [2.24, 2.45) is 0 Å². The van der Waals surface area contributed by atoms with Crippen molar-refractivity contribution in [1.82, 2.24) is 29.7 Å². The number of anilines is 1. The minimum absolute atomic E-state index is 0.0438. The molecule has 2 aromatic heterocycles. The monoisotopic (exact) mass is 505 g/mol. The Labute approximate surface area is 200 Å². The molecule has 1 aromatic carbocycles. The van der Waals surface area contributed by atoms with Crippen LogP contribution in [0.1, 0.15) is 20.8 Å². The van der Waals surface area contributed by atoms with Gasteiger partial charge in [-0.15, -0.1) is 0 Å². The second-order valence-corrected chi connectivity index (χ2v) is 10.1. The van der Waals surface area contributed by atoms with E-state index in [9.17, 15) is 18.9 Å². The minimum Gasteiger partial charge on any atom is -0.425 e. The first kappa shape index (κ1) is 26.2. The maximum atomic E-state index is 13.6. The van der Waals surface area contributed by atoms with Gasteiger partial charge in [-0.1, -0.05) is 18.2 Å². The molecule has 0 bridgehead atoms. The number of benzene rings is 1. The van der Waals surface area contributed by atoms with Crippen LogP contribution < -0.4 is 26.2 Å². The van der Waals surface area contributed by atoms with Crippen LogP contribution in [-0.2, 0) is 25.4 Å². The summed E-state index contributed by atoms with van der Waals surface area (Å²) in [5, 5.41) is 5.49. The maximum Gasteiger partial charge on any atom is 0.328 e. The third-order valence-corrected chi connectivity index (χ3v) is 7.13. The van der Waals surface area contributed by atoms with Crippen molar-refractivity contribution in [1.29, 1.82) is 0 Å². The number of esters is 1. The van der Waals surface area contributed by atoms with Gasteiger partial charge < -0.3 is 19.8 Å². The van der Waals surface area contributed by atoms with E-state index in [0.717, 1.165) is 0 Å². The molecule has 13 nitrogen and oxygen atoms in total. The Morgan fingerprint density at radius 3 is 2.57 bits per heavy atom. The number of ketones is 1. The number of imidazole rings is 1. The van der Waals surface area contributed by atoms with Crippen molar-refractivity contribution in [2.75, 3.05) is 18.7 Å². The summed E-state index contributed by atoms with van der Waals surface area (Å²) in [5.74, 6) is -0.571. The lowest BCUT2D eigenvalue weighted by Gasteiger charge is -2.26. The van der Waals surface area contributed by atoms with Crippen molar-refractivity contribution in [2.45, 2.75) is 39.4 Å². The fourth-order valence-corrected chi connectivity index (χ4v) is 5.21. The van der Waals surface area contributed by atoms with Gasteiger partial charge in [-0.25, -0.2) is 20.0 Å². The third kappa shape index (κ3) is 7.06. The van der Waals surface area contributed by atoms with Gasteiger partial charge in [0.05, 0.1) is 19.0 Å². The van der Waals surface area contributed by atoms with Crippen molar-refractivity contribution in [3.8, 4) is 5.75 Å². The molecule has 0 aliphatic heterocycles. The highest BCUT2D eigenvalue weighted by Gasteiger charge is 2.31. The highest BCUT2D eigenvalue weighted by molar-refractivity contribution is 7.59. The Kier molecular flexibility index (Phi) is 8.52. The van der Waals surface area contributed by atoms with E-state index in [1.807, 2.05) is 0 Å². The number of aromatic nitrogens is 4. The minimum atomic E-state index is -3.57. The Hall–Kier alpha value is -3.38. The molecule has 2 heterocycles. The summed E-state index contributed by atoms with van der Waals surface area (Å²) in [5.41, 5.74) is 5.56. The van der Waals surface area contributed by atoms with Gasteiger partial charge in [-0.05, 0) is 32.9 Å². The van der Waals surface area contributed by atoms with Gasteiger partial charge in [0.2, 0.25) is 13.4 Å². The molecule has 3 rings (SSSR count). The molecule has 1 unspecified atom stereocenters. The highest BCUT2D eigenvalue weighted by Crippen LogP contribution is 2.37. The number of hydrogen-bond donors (Lipinski definition) is 4. The van der Waals surface area contributed by atoms with Crippen LogP contribution in [0, 0.1) is 0 Å². The zero-order valence-electron chi connectivity index (χ0n) is 19.6. The smallest absolute Gasteiger partial charge is 0.328 e. The summed E-state index contributed by atoms with van der Waals surface area (Å²) in [6, 6.07) is 6.77. The number of carbonyl (C=O) groups excluding carboxylic acids is 2. The number of H-pyrrole nitrogens is 1. The molecule has 0 fully saturated rings. The van der Waals surface area contributed by atoms with E-state index in [-0.39, 0.29) is 42.4 Å². The predicted octanol–water partition coefficient (Wildman–Crippen LogP) is 1.02. The Morgan fingerprint density at radius 2 is 1.89 bits per heavy atom. The molecule has 5 N–H and O–H groups in total. The van der Waals surface area contributed by atoms with E-state index in [4.69, 9.17) is 15.2 Å². The first-order valence-corrected chi connectivity index (χ1v) is 12.7. The second kappa shape index (κ2) is 11.4. The number of aromatic amines is 1. The third-order valence-electron chi connectivity index (χ3n) is 4.97. The largest absolute Gasteiger partial charge is 0.425 e. The lowest BCUT2D eigenvalue weighted by atomic mass is 10.3. The number of nitrogens with zero attached hydrogens (tertiary/aromatic N) is 3. The standard InChI is InChI=1S/C21H28N7O6P/c1-13(15(3)29)26-35(32,27-14(2)20(31)34-16-7-5-4-6-8-16)12-33-10-9-28-11-23-17-18(28)24-21(22)25-19(17)30/h4-8,11,13-14H,9-10,12H2,1-3H3,(H2,26,27,32)(H3,22,24,25,30)/t13-,14-,35?/m0/s1. The first-order chi connectivity index (χ1) is 16.6. The van der Waals surface area contributed by atoms with E-state index in [1.165, 1.54) is 20.2 Å². The molecule has 3 atom stereocenters. The fourth-order valence-electron chi connectivity index (χ4n) is 3.06. The van der Waals surface area contributed by atoms with Crippen molar-refractivity contribution >= 4 is 36.3 Å². The van der Waals surface area contributed by atoms with E-state index in [2.05, 4.69) is 25.1 Å². The average molecular weight is 505 g/mol. The normalized spacial score (nSPS) is 14.8. The molecular formula is C21H28N7O6P. The van der Waals surface area contributed by atoms with Crippen LogP contribution in [0.4, 0.5) is 5.95 Å². The van der Waals surface area contributed by atoms with E-state index in [0.29, 0.717) is 5.75 Å². The van der Waals surface area contributed by atoms with E-state index < -0.39 is 31.1 Å². The summed E-state index contributed by atoms with van der Waals surface area (Å²) in [6.45, 7) is 4.74. The van der Waals surface area contributed by atoms with Crippen LogP contribution in [0.25, 0.3) is 11.2 Å². The molecule has 0 radical (unpaired) electrons. The quantitative estimate of drug-likeness (QED) is 0.119. The Balaban J connectivity index is 1.64. The van der Waals surface area contributed by atoms with E-state index in [1.54, 1.807) is 41.8 Å². The summed E-state index contributed by atoms with van der Waals surface area (Å²) >= 11 is 0. The number of ether oxygens (including phenoxy) is 2. The summed E-state index contributed by atoms with van der Waals surface area (Å²) in [7, 11) is -3.57. The Bertz CT molecular complexity index is 1290. The van der Waals surface area contributed by atoms with Gasteiger partial charge in [0.25, 0.3) is 5.56 Å². The number of rotatable bonds is 12. The van der Waals surface area contributed by atoms with Gasteiger partial charge in [-0.2, -0.15) is 4.98 Å². The number of para-hydroxylation sites is 1. The molecule has 0 saturated carbocycles. The fraction of sp³-hybridized carbons (Fsp3) is 0.381. The van der Waals surface area contributed by atoms with Gasteiger partial charge in [-0.3, -0.25) is 19.1 Å². The van der Waals surface area contributed by atoms with Crippen LogP contribution >= 0.6 is 7.44 Å². The Morgan fingerprint density at radius 1 is 1.20 bits per heavy atom. The number of nitrogens with one attached hydrogen (secondary N) is 3. The molecule has 0 aliphatic rings. The molecule has 0 saturated heterocycles. The van der Waals surface area contributed by atoms with Gasteiger partial charge in [0.15, 0.2) is 11.2 Å². The van der Waals surface area contributed by atoms with Gasteiger partial charge >= 0.3 is 5.97 Å². The number of nitrogens with two attached hydrogens (primary N) is 1. The molecule has 3 aromatic rings. The van der Waals surface area contributed by atoms with Gasteiger partial charge in [0, 0.05) is 6.54 Å². The number of hydrogen-bond acceptors (Lipinski definition) is 9. The predicted molar refractivity (Wildman–Crippen MR) is 129 cm³/mol. The second-order valence-electron chi connectivity index (χ2n) is 7.88. The topological polar surface area (TPSA) is 183 Å². The molecule has 188 valence electrons. The number of nitrogen functional groups attached to an aromatic ring is 1. The number of fused-ring (bicyclic) bond motifs is 1.